The van der Waals surface area contributed by atoms with E-state index in [9.17, 15) is 18.0 Å². The number of aromatic nitrogens is 6. The summed E-state index contributed by atoms with van der Waals surface area (Å²) in [5.41, 5.74) is 3.71. The molecule has 0 fully saturated rings. The lowest BCUT2D eigenvalue weighted by atomic mass is 10.2. The van der Waals surface area contributed by atoms with Gasteiger partial charge in [-0.05, 0) is 0 Å². The Bertz CT molecular complexity index is 1010. The zero-order valence-electron chi connectivity index (χ0n) is 15.3. The summed E-state index contributed by atoms with van der Waals surface area (Å²) in [6.45, 7) is 0.628. The maximum atomic E-state index is 13.5. The fourth-order valence-corrected chi connectivity index (χ4v) is 2.51. The third-order valence-corrected chi connectivity index (χ3v) is 3.84. The van der Waals surface area contributed by atoms with Crippen LogP contribution in [0.1, 0.15) is 16.3 Å². The van der Waals surface area contributed by atoms with E-state index in [1.165, 1.54) is 26.6 Å². The van der Waals surface area contributed by atoms with Crippen molar-refractivity contribution in [2.45, 2.75) is 6.18 Å². The highest BCUT2D eigenvalue weighted by Crippen LogP contribution is 2.36. The van der Waals surface area contributed by atoms with E-state index in [0.29, 0.717) is 12.4 Å². The molecule has 29 heavy (non-hydrogen) atoms. The number of nitrogens with zero attached hydrogens (tertiary/aromatic N) is 6. The summed E-state index contributed by atoms with van der Waals surface area (Å²) in [5.74, 6) is -0.827. The van der Waals surface area contributed by atoms with E-state index >= 15 is 0 Å². The molecule has 0 saturated heterocycles. The number of rotatable bonds is 7. The largest absolute Gasteiger partial charge is 0.488 e. The molecule has 0 spiro atoms. The highest BCUT2D eigenvalue weighted by Gasteiger charge is 2.39. The summed E-state index contributed by atoms with van der Waals surface area (Å²) in [6, 6.07) is 0. The van der Waals surface area contributed by atoms with Gasteiger partial charge >= 0.3 is 6.18 Å². The first kappa shape index (κ1) is 20.3. The molecule has 0 saturated carbocycles. The van der Waals surface area contributed by atoms with E-state index in [2.05, 4.69) is 20.1 Å². The van der Waals surface area contributed by atoms with E-state index in [0.717, 1.165) is 21.6 Å². The molecule has 0 aliphatic rings. The van der Waals surface area contributed by atoms with E-state index in [1.54, 1.807) is 0 Å². The fraction of sp³-hybridized carbons (Fsp3) is 0.312. The highest BCUT2D eigenvalue weighted by molar-refractivity contribution is 5.90. The van der Waals surface area contributed by atoms with Gasteiger partial charge in [0.05, 0.1) is 36.5 Å². The van der Waals surface area contributed by atoms with Gasteiger partial charge in [-0.15, -0.1) is 0 Å². The molecule has 0 aromatic carbocycles. The molecule has 0 aliphatic heterocycles. The predicted octanol–water partition coefficient (Wildman–Crippen LogP) is 1.21. The van der Waals surface area contributed by atoms with Crippen LogP contribution < -0.4 is 10.5 Å². The topological polar surface area (TPSA) is 123 Å². The number of carbonyl (C=O) groups is 1. The highest BCUT2D eigenvalue weighted by atomic mass is 19.4. The van der Waals surface area contributed by atoms with Gasteiger partial charge < -0.3 is 19.8 Å². The van der Waals surface area contributed by atoms with Crippen molar-refractivity contribution in [1.82, 2.24) is 29.3 Å². The number of alkyl halides is 3. The van der Waals surface area contributed by atoms with Crippen molar-refractivity contribution >= 4 is 5.91 Å². The predicted molar refractivity (Wildman–Crippen MR) is 92.2 cm³/mol. The zero-order valence-corrected chi connectivity index (χ0v) is 15.3. The molecule has 0 atom stereocenters. The van der Waals surface area contributed by atoms with Gasteiger partial charge in [0.15, 0.2) is 17.3 Å². The van der Waals surface area contributed by atoms with Gasteiger partial charge in [0.1, 0.15) is 6.61 Å². The number of halogens is 3. The number of methoxy groups -OCH3 is 1. The summed E-state index contributed by atoms with van der Waals surface area (Å²) < 4.78 is 52.8. The van der Waals surface area contributed by atoms with Crippen LogP contribution >= 0.6 is 0 Å². The molecule has 3 heterocycles. The van der Waals surface area contributed by atoms with Crippen molar-refractivity contribution in [3.63, 3.8) is 0 Å². The smallest absolute Gasteiger partial charge is 0.435 e. The maximum Gasteiger partial charge on any atom is 0.435 e. The van der Waals surface area contributed by atoms with Gasteiger partial charge in [0.25, 0.3) is 11.9 Å². The molecule has 10 nitrogen and oxygen atoms in total. The quantitative estimate of drug-likeness (QED) is 0.580. The average molecular weight is 411 g/mol. The Labute approximate surface area is 162 Å². The van der Waals surface area contributed by atoms with Crippen LogP contribution in [-0.4, -0.2) is 55.5 Å². The normalized spacial score (nSPS) is 11.6. The van der Waals surface area contributed by atoms with Gasteiger partial charge in [-0.2, -0.15) is 18.3 Å². The first-order valence-corrected chi connectivity index (χ1v) is 8.15. The van der Waals surface area contributed by atoms with Gasteiger partial charge in [-0.25, -0.2) is 19.6 Å². The number of primary amides is 1. The number of amides is 1. The molecule has 3 aromatic rings. The molecule has 13 heteroatoms. The molecule has 0 radical (unpaired) electrons. The second-order valence-electron chi connectivity index (χ2n) is 5.78. The summed E-state index contributed by atoms with van der Waals surface area (Å²) in [7, 11) is 2.90. The van der Waals surface area contributed by atoms with Gasteiger partial charge in [0.2, 0.25) is 0 Å². The van der Waals surface area contributed by atoms with E-state index < -0.39 is 17.8 Å². The Hall–Kier alpha value is -3.48. The second-order valence-corrected chi connectivity index (χ2v) is 5.78. The molecular formula is C16H16F3N7O3. The van der Waals surface area contributed by atoms with E-state index in [1.807, 2.05) is 0 Å². The van der Waals surface area contributed by atoms with E-state index in [4.69, 9.17) is 15.2 Å². The van der Waals surface area contributed by atoms with Crippen molar-refractivity contribution in [2.24, 2.45) is 12.8 Å². The van der Waals surface area contributed by atoms with Crippen LogP contribution in [-0.2, 0) is 18.0 Å². The number of imidazole rings is 1. The summed E-state index contributed by atoms with van der Waals surface area (Å²) >= 11 is 0. The molecule has 3 rings (SSSR count). The minimum Gasteiger partial charge on any atom is -0.488 e. The number of nitrogens with two attached hydrogens (primary N) is 1. The van der Waals surface area contributed by atoms with Crippen molar-refractivity contribution in [2.75, 3.05) is 20.3 Å². The van der Waals surface area contributed by atoms with Crippen LogP contribution in [0, 0.1) is 0 Å². The molecule has 0 unspecified atom stereocenters. The van der Waals surface area contributed by atoms with Crippen LogP contribution in [0.15, 0.2) is 24.8 Å². The lowest BCUT2D eigenvalue weighted by Gasteiger charge is -2.07. The van der Waals surface area contributed by atoms with Crippen LogP contribution in [0.2, 0.25) is 0 Å². The minimum absolute atomic E-state index is 0.0110. The zero-order chi connectivity index (χ0) is 21.2. The third kappa shape index (κ3) is 4.18. The van der Waals surface area contributed by atoms with Crippen LogP contribution in [0.3, 0.4) is 0 Å². The van der Waals surface area contributed by atoms with Crippen molar-refractivity contribution in [3.05, 3.63) is 36.3 Å². The summed E-state index contributed by atoms with van der Waals surface area (Å²) in [4.78, 5) is 23.1. The number of carbonyl (C=O) groups excluding carboxylic acids is 1. The Kier molecular flexibility index (Phi) is 5.50. The SMILES string of the molecule is COCCOc1cnc(-n2cc(-c3cnc(C(N)=O)n3C)c(C(F)(F)F)n2)nc1. The van der Waals surface area contributed by atoms with Crippen molar-refractivity contribution < 1.29 is 27.4 Å². The Morgan fingerprint density at radius 2 is 1.86 bits per heavy atom. The standard InChI is InChI=1S/C16H16F3N7O3/c1-25-11(7-21-14(25)13(20)27)10-8-26(24-12(10)16(17,18)19)15-22-5-9(6-23-15)29-4-3-28-2/h5-8H,3-4H2,1-2H3,(H2,20,27). The van der Waals surface area contributed by atoms with Crippen LogP contribution in [0.5, 0.6) is 5.75 Å². The second kappa shape index (κ2) is 7.87. The molecule has 3 aromatic heterocycles. The monoisotopic (exact) mass is 411 g/mol. The van der Waals surface area contributed by atoms with E-state index in [-0.39, 0.29) is 29.6 Å². The lowest BCUT2D eigenvalue weighted by Crippen LogP contribution is -2.17. The maximum absolute atomic E-state index is 13.5. The van der Waals surface area contributed by atoms with Crippen molar-refractivity contribution in [3.8, 4) is 23.0 Å². The minimum atomic E-state index is -4.76. The Morgan fingerprint density at radius 3 is 2.41 bits per heavy atom. The molecule has 1 amide bonds. The van der Waals surface area contributed by atoms with Crippen molar-refractivity contribution in [1.29, 1.82) is 0 Å². The molecular weight excluding hydrogens is 395 g/mol. The van der Waals surface area contributed by atoms with Gasteiger partial charge in [-0.1, -0.05) is 0 Å². The molecule has 0 aliphatic carbocycles. The van der Waals surface area contributed by atoms with Crippen LogP contribution in [0.25, 0.3) is 17.2 Å². The Morgan fingerprint density at radius 1 is 1.17 bits per heavy atom. The molecule has 0 bridgehead atoms. The Balaban J connectivity index is 1.99. The molecule has 2 N–H and O–H groups in total. The number of ether oxygens (including phenoxy) is 2. The van der Waals surface area contributed by atoms with Gasteiger partial charge in [-0.3, -0.25) is 4.79 Å². The summed E-state index contributed by atoms with van der Waals surface area (Å²) in [5, 5.41) is 3.58. The summed E-state index contributed by atoms with van der Waals surface area (Å²) in [6.07, 6.45) is 0.0698. The van der Waals surface area contributed by atoms with Crippen LogP contribution in [0.4, 0.5) is 13.2 Å². The first-order chi connectivity index (χ1) is 13.7. The molecule has 154 valence electrons. The average Bonchev–Trinajstić information content (AvgIpc) is 3.26. The van der Waals surface area contributed by atoms with Gasteiger partial charge in [0, 0.05) is 20.4 Å². The number of hydrogen-bond donors (Lipinski definition) is 1. The number of hydrogen-bond acceptors (Lipinski definition) is 7. The fourth-order valence-electron chi connectivity index (χ4n) is 2.51. The first-order valence-electron chi connectivity index (χ1n) is 8.15. The third-order valence-electron chi connectivity index (χ3n) is 3.84. The lowest BCUT2D eigenvalue weighted by molar-refractivity contribution is -0.140.